The predicted octanol–water partition coefficient (Wildman–Crippen LogP) is 4.38. The number of furan rings is 1. The van der Waals surface area contributed by atoms with Gasteiger partial charge in [0.15, 0.2) is 6.04 Å². The SMILES string of the molecule is Cc1ccc(-c2nnn(CC(=O)N(c3ccccc3F)C(C(=O)NC(C)(C)C)c3ccc(C)o3)n2)cc1. The third-order valence-corrected chi connectivity index (χ3v) is 5.46. The highest BCUT2D eigenvalue weighted by Gasteiger charge is 2.38. The molecule has 4 aromatic rings. The molecule has 2 aromatic carbocycles. The maximum Gasteiger partial charge on any atom is 0.251 e. The zero-order valence-corrected chi connectivity index (χ0v) is 21.4. The van der Waals surface area contributed by atoms with E-state index in [4.69, 9.17) is 4.42 Å². The first kappa shape index (κ1) is 25.7. The van der Waals surface area contributed by atoms with E-state index in [-0.39, 0.29) is 18.0 Å². The Labute approximate surface area is 214 Å². The standard InChI is InChI=1S/C27H29FN6O3/c1-17-10-13-19(14-11-17)25-30-32-33(31-25)16-23(35)34(21-9-7-6-8-20(21)28)24(22-15-12-18(2)37-22)26(36)29-27(3,4)5/h6-15,24H,16H2,1-5H3,(H,29,36). The lowest BCUT2D eigenvalue weighted by atomic mass is 10.1. The minimum atomic E-state index is -1.28. The van der Waals surface area contributed by atoms with Crippen molar-refractivity contribution in [3.63, 3.8) is 0 Å². The lowest BCUT2D eigenvalue weighted by Crippen LogP contribution is -2.50. The lowest BCUT2D eigenvalue weighted by molar-refractivity contribution is -0.128. The summed E-state index contributed by atoms with van der Waals surface area (Å²) in [7, 11) is 0. The first-order valence-corrected chi connectivity index (χ1v) is 11.8. The van der Waals surface area contributed by atoms with Gasteiger partial charge < -0.3 is 9.73 Å². The molecule has 1 N–H and O–H groups in total. The van der Waals surface area contributed by atoms with Crippen LogP contribution in [0.25, 0.3) is 11.4 Å². The van der Waals surface area contributed by atoms with Crippen LogP contribution in [0.4, 0.5) is 10.1 Å². The van der Waals surface area contributed by atoms with E-state index in [9.17, 15) is 9.59 Å². The molecule has 0 spiro atoms. The number of anilines is 1. The third-order valence-electron chi connectivity index (χ3n) is 5.46. The number of tetrazole rings is 1. The molecule has 0 fully saturated rings. The average Bonchev–Trinajstić information content (AvgIpc) is 3.46. The summed E-state index contributed by atoms with van der Waals surface area (Å²) in [5.74, 6) is -0.729. The van der Waals surface area contributed by atoms with Crippen molar-refractivity contribution < 1.29 is 18.4 Å². The molecule has 4 rings (SSSR count). The molecule has 0 saturated heterocycles. The van der Waals surface area contributed by atoms with Gasteiger partial charge in [0.25, 0.3) is 11.8 Å². The van der Waals surface area contributed by atoms with Crippen molar-refractivity contribution in [2.75, 3.05) is 4.90 Å². The fourth-order valence-corrected chi connectivity index (χ4v) is 3.80. The highest BCUT2D eigenvalue weighted by atomic mass is 19.1. The van der Waals surface area contributed by atoms with Crippen LogP contribution in [0.1, 0.15) is 43.9 Å². The number of aromatic nitrogens is 4. The number of hydrogen-bond donors (Lipinski definition) is 1. The summed E-state index contributed by atoms with van der Waals surface area (Å²) >= 11 is 0. The van der Waals surface area contributed by atoms with Gasteiger partial charge in [0.05, 0.1) is 5.69 Å². The van der Waals surface area contributed by atoms with Gasteiger partial charge in [-0.1, -0.05) is 42.0 Å². The van der Waals surface area contributed by atoms with Gasteiger partial charge in [0.2, 0.25) is 5.82 Å². The number of rotatable bonds is 7. The van der Waals surface area contributed by atoms with E-state index in [1.807, 2.05) is 52.0 Å². The largest absolute Gasteiger partial charge is 0.464 e. The molecule has 0 radical (unpaired) electrons. The molecule has 2 heterocycles. The van der Waals surface area contributed by atoms with E-state index in [0.717, 1.165) is 20.8 Å². The molecular formula is C27H29FN6O3. The first-order valence-electron chi connectivity index (χ1n) is 11.8. The number of amides is 2. The fraction of sp³-hybridized carbons (Fsp3) is 0.296. The van der Waals surface area contributed by atoms with E-state index >= 15 is 4.39 Å². The zero-order chi connectivity index (χ0) is 26.7. The molecule has 37 heavy (non-hydrogen) atoms. The molecule has 0 bridgehead atoms. The summed E-state index contributed by atoms with van der Waals surface area (Å²) in [4.78, 5) is 29.5. The number of benzene rings is 2. The average molecular weight is 505 g/mol. The minimum Gasteiger partial charge on any atom is -0.464 e. The maximum absolute atomic E-state index is 15.1. The second kappa shape index (κ2) is 10.3. The summed E-state index contributed by atoms with van der Waals surface area (Å²) in [6, 6.07) is 15.3. The second-order valence-electron chi connectivity index (χ2n) is 9.81. The van der Waals surface area contributed by atoms with E-state index in [2.05, 4.69) is 20.7 Å². The van der Waals surface area contributed by atoms with Crippen LogP contribution >= 0.6 is 0 Å². The molecular weight excluding hydrogens is 475 g/mol. The molecule has 9 nitrogen and oxygen atoms in total. The van der Waals surface area contributed by atoms with Gasteiger partial charge in [-0.15, -0.1) is 10.2 Å². The Balaban J connectivity index is 1.73. The van der Waals surface area contributed by atoms with Crippen molar-refractivity contribution in [2.24, 2.45) is 0 Å². The van der Waals surface area contributed by atoms with E-state index in [1.54, 1.807) is 25.1 Å². The smallest absolute Gasteiger partial charge is 0.251 e. The summed E-state index contributed by atoms with van der Waals surface area (Å²) in [6.07, 6.45) is 0. The fourth-order valence-electron chi connectivity index (χ4n) is 3.80. The molecule has 10 heteroatoms. The third kappa shape index (κ3) is 6.08. The molecule has 1 atom stereocenters. The van der Waals surface area contributed by atoms with Crippen molar-refractivity contribution in [2.45, 2.75) is 52.7 Å². The van der Waals surface area contributed by atoms with Crippen LogP contribution in [0.2, 0.25) is 0 Å². The van der Waals surface area contributed by atoms with Crippen LogP contribution < -0.4 is 10.2 Å². The number of nitrogens with one attached hydrogen (secondary N) is 1. The van der Waals surface area contributed by atoms with Crippen LogP contribution in [0, 0.1) is 19.7 Å². The van der Waals surface area contributed by atoms with Crippen molar-refractivity contribution in [1.29, 1.82) is 0 Å². The van der Waals surface area contributed by atoms with Crippen molar-refractivity contribution in [1.82, 2.24) is 25.5 Å². The first-order chi connectivity index (χ1) is 17.5. The summed E-state index contributed by atoms with van der Waals surface area (Å²) in [6.45, 7) is 8.76. The highest BCUT2D eigenvalue weighted by molar-refractivity contribution is 6.01. The Hall–Kier alpha value is -4.34. The Bertz CT molecular complexity index is 1400. The molecule has 2 amide bonds. The quantitative estimate of drug-likeness (QED) is 0.400. The van der Waals surface area contributed by atoms with Crippen LogP contribution in [0.15, 0.2) is 65.1 Å². The maximum atomic E-state index is 15.1. The number of nitrogens with zero attached hydrogens (tertiary/aromatic N) is 5. The van der Waals surface area contributed by atoms with Gasteiger partial charge in [-0.05, 0) is 64.1 Å². The van der Waals surface area contributed by atoms with Gasteiger partial charge in [0.1, 0.15) is 23.9 Å². The van der Waals surface area contributed by atoms with Gasteiger partial charge >= 0.3 is 0 Å². The second-order valence-corrected chi connectivity index (χ2v) is 9.81. The lowest BCUT2D eigenvalue weighted by Gasteiger charge is -2.32. The van der Waals surface area contributed by atoms with Gasteiger partial charge in [-0.3, -0.25) is 14.5 Å². The minimum absolute atomic E-state index is 0.0746. The summed E-state index contributed by atoms with van der Waals surface area (Å²) < 4.78 is 20.8. The van der Waals surface area contributed by atoms with Crippen LogP contribution in [-0.2, 0) is 16.1 Å². The number of aryl methyl sites for hydroxylation is 2. The molecule has 0 aliphatic rings. The number of hydrogen-bond acceptors (Lipinski definition) is 6. The molecule has 0 aliphatic carbocycles. The Morgan fingerprint density at radius 3 is 2.38 bits per heavy atom. The molecule has 2 aromatic heterocycles. The van der Waals surface area contributed by atoms with E-state index in [1.165, 1.54) is 18.2 Å². The van der Waals surface area contributed by atoms with Gasteiger partial charge in [0, 0.05) is 11.1 Å². The normalized spacial score (nSPS) is 12.3. The number of halogens is 1. The van der Waals surface area contributed by atoms with Gasteiger partial charge in [-0.2, -0.15) is 4.80 Å². The van der Waals surface area contributed by atoms with Crippen molar-refractivity contribution >= 4 is 17.5 Å². The predicted molar refractivity (Wildman–Crippen MR) is 136 cm³/mol. The molecule has 0 saturated carbocycles. The Morgan fingerprint density at radius 2 is 1.76 bits per heavy atom. The van der Waals surface area contributed by atoms with Crippen LogP contribution in [0.5, 0.6) is 0 Å². The number of carbonyl (C=O) groups is 2. The monoisotopic (exact) mass is 504 g/mol. The molecule has 0 aliphatic heterocycles. The van der Waals surface area contributed by atoms with Crippen LogP contribution in [0.3, 0.4) is 0 Å². The Morgan fingerprint density at radius 1 is 1.05 bits per heavy atom. The van der Waals surface area contributed by atoms with E-state index in [0.29, 0.717) is 11.6 Å². The van der Waals surface area contributed by atoms with E-state index < -0.39 is 29.2 Å². The summed E-state index contributed by atoms with van der Waals surface area (Å²) in [5.41, 5.74) is 1.13. The highest BCUT2D eigenvalue weighted by Crippen LogP contribution is 2.32. The van der Waals surface area contributed by atoms with Crippen molar-refractivity contribution in [3.05, 3.63) is 83.6 Å². The molecule has 1 unspecified atom stereocenters. The number of para-hydroxylation sites is 1. The Kier molecular flexibility index (Phi) is 7.19. The number of carbonyl (C=O) groups excluding carboxylic acids is 2. The van der Waals surface area contributed by atoms with Crippen LogP contribution in [-0.4, -0.2) is 37.6 Å². The summed E-state index contributed by atoms with van der Waals surface area (Å²) in [5, 5.41) is 15.3. The van der Waals surface area contributed by atoms with Crippen molar-refractivity contribution in [3.8, 4) is 11.4 Å². The zero-order valence-electron chi connectivity index (χ0n) is 21.4. The topological polar surface area (TPSA) is 106 Å². The van der Waals surface area contributed by atoms with Gasteiger partial charge in [-0.25, -0.2) is 4.39 Å². The molecule has 192 valence electrons.